The second-order valence-electron chi connectivity index (χ2n) is 3.60. The largest absolute Gasteiger partial charge is 0.369 e. The minimum atomic E-state index is -0.808. The van der Waals surface area contributed by atoms with Gasteiger partial charge in [0.05, 0.1) is 12.6 Å². The number of nitrogens with one attached hydrogen (secondary N) is 3. The molecule has 1 unspecified atom stereocenters. The van der Waals surface area contributed by atoms with E-state index in [4.69, 9.17) is 11.0 Å². The molecule has 0 aliphatic carbocycles. The molecule has 0 aromatic carbocycles. The number of anilines is 3. The molecule has 7 nitrogen and oxygen atoms in total. The van der Waals surface area contributed by atoms with Gasteiger partial charge in [-0.1, -0.05) is 0 Å². The Morgan fingerprint density at radius 3 is 3.07 bits per heavy atom. The van der Waals surface area contributed by atoms with Crippen molar-refractivity contribution < 1.29 is 0 Å². The molecule has 0 bridgehead atoms. The first kappa shape index (κ1) is 9.33. The molecular formula is C8H10N6O. The lowest BCUT2D eigenvalue weighted by Crippen LogP contribution is -2.46. The smallest absolute Gasteiger partial charge is 0.277 e. The Hall–Kier alpha value is -2.23. The number of hydrogen-bond acceptors (Lipinski definition) is 6. The maximum absolute atomic E-state index is 11.5. The van der Waals surface area contributed by atoms with Crippen LogP contribution >= 0.6 is 0 Å². The predicted octanol–water partition coefficient (Wildman–Crippen LogP) is -0.528. The van der Waals surface area contributed by atoms with Gasteiger partial charge in [-0.25, -0.2) is 0 Å². The summed E-state index contributed by atoms with van der Waals surface area (Å²) in [6.07, 6.45) is 0. The van der Waals surface area contributed by atoms with Gasteiger partial charge in [0.15, 0.2) is 5.82 Å². The third kappa shape index (κ3) is 1.46. The van der Waals surface area contributed by atoms with Crippen molar-refractivity contribution in [2.75, 3.05) is 22.9 Å². The zero-order valence-electron chi connectivity index (χ0n) is 8.09. The van der Waals surface area contributed by atoms with Gasteiger partial charge in [0.2, 0.25) is 5.95 Å². The zero-order chi connectivity index (χ0) is 11.1. The number of nitrogen functional groups attached to an aromatic ring is 1. The van der Waals surface area contributed by atoms with Crippen LogP contribution in [-0.4, -0.2) is 22.1 Å². The standard InChI is InChI=1S/C8H10N6O/c1-8(2-9)3-11-5-4(14-8)6(15)13-7(10)12-5/h14H,3H2,1H3,(H4,10,11,12,13,15). The summed E-state index contributed by atoms with van der Waals surface area (Å²) in [5.41, 5.74) is 4.44. The molecule has 15 heavy (non-hydrogen) atoms. The predicted molar refractivity (Wildman–Crippen MR) is 55.4 cm³/mol. The van der Waals surface area contributed by atoms with Gasteiger partial charge in [-0.15, -0.1) is 0 Å². The van der Waals surface area contributed by atoms with Crippen LogP contribution in [0.1, 0.15) is 6.92 Å². The fourth-order valence-corrected chi connectivity index (χ4v) is 1.38. The molecule has 0 amide bonds. The SMILES string of the molecule is CC1(C#N)CNc2nc(N)[nH]c(=O)c2N1. The van der Waals surface area contributed by atoms with Crippen LogP contribution in [0.15, 0.2) is 4.79 Å². The average Bonchev–Trinajstić information content (AvgIpc) is 2.20. The Morgan fingerprint density at radius 2 is 2.40 bits per heavy atom. The molecule has 0 fully saturated rings. The monoisotopic (exact) mass is 206 g/mol. The van der Waals surface area contributed by atoms with E-state index < -0.39 is 5.54 Å². The van der Waals surface area contributed by atoms with Crippen molar-refractivity contribution in [3.8, 4) is 6.07 Å². The summed E-state index contributed by atoms with van der Waals surface area (Å²) in [6.45, 7) is 2.06. The second-order valence-corrected chi connectivity index (χ2v) is 3.60. The van der Waals surface area contributed by atoms with Crippen LogP contribution < -0.4 is 21.9 Å². The lowest BCUT2D eigenvalue weighted by Gasteiger charge is -2.30. The van der Waals surface area contributed by atoms with Crippen LogP contribution in [0.25, 0.3) is 0 Å². The first-order chi connectivity index (χ1) is 7.04. The van der Waals surface area contributed by atoms with Crippen molar-refractivity contribution in [1.29, 1.82) is 5.26 Å². The Kier molecular flexibility index (Phi) is 1.79. The van der Waals surface area contributed by atoms with E-state index in [1.54, 1.807) is 6.92 Å². The maximum Gasteiger partial charge on any atom is 0.277 e. The number of fused-ring (bicyclic) bond motifs is 1. The summed E-state index contributed by atoms with van der Waals surface area (Å²) < 4.78 is 0. The summed E-state index contributed by atoms with van der Waals surface area (Å²) in [6, 6.07) is 2.08. The molecule has 1 aliphatic heterocycles. The third-order valence-electron chi connectivity index (χ3n) is 2.19. The fourth-order valence-electron chi connectivity index (χ4n) is 1.38. The summed E-state index contributed by atoms with van der Waals surface area (Å²) in [5, 5.41) is 14.6. The number of nitrogens with two attached hydrogens (primary N) is 1. The molecule has 78 valence electrons. The topological polar surface area (TPSA) is 120 Å². The highest BCUT2D eigenvalue weighted by molar-refractivity contribution is 5.69. The van der Waals surface area contributed by atoms with E-state index in [9.17, 15) is 4.79 Å². The molecule has 1 aromatic heterocycles. The van der Waals surface area contributed by atoms with Crippen molar-refractivity contribution in [2.24, 2.45) is 0 Å². The number of hydrogen-bond donors (Lipinski definition) is 4. The number of nitriles is 1. The minimum Gasteiger partial charge on any atom is -0.369 e. The first-order valence-corrected chi connectivity index (χ1v) is 4.37. The molecule has 0 saturated heterocycles. The molecule has 0 radical (unpaired) electrons. The highest BCUT2D eigenvalue weighted by Gasteiger charge is 2.31. The Balaban J connectivity index is 2.52. The van der Waals surface area contributed by atoms with E-state index in [-0.39, 0.29) is 17.2 Å². The van der Waals surface area contributed by atoms with E-state index in [1.807, 2.05) is 0 Å². The van der Waals surface area contributed by atoms with E-state index in [1.165, 1.54) is 0 Å². The summed E-state index contributed by atoms with van der Waals surface area (Å²) in [4.78, 5) is 17.8. The summed E-state index contributed by atoms with van der Waals surface area (Å²) in [5.74, 6) is 0.428. The van der Waals surface area contributed by atoms with Crippen LogP contribution in [-0.2, 0) is 0 Å². The van der Waals surface area contributed by atoms with E-state index >= 15 is 0 Å². The van der Waals surface area contributed by atoms with Gasteiger partial charge in [-0.3, -0.25) is 9.78 Å². The van der Waals surface area contributed by atoms with Crippen molar-refractivity contribution >= 4 is 17.5 Å². The van der Waals surface area contributed by atoms with Crippen molar-refractivity contribution in [1.82, 2.24) is 9.97 Å². The number of aromatic nitrogens is 2. The molecule has 5 N–H and O–H groups in total. The van der Waals surface area contributed by atoms with Crippen LogP contribution in [0.2, 0.25) is 0 Å². The lowest BCUT2D eigenvalue weighted by molar-refractivity contribution is 0.666. The summed E-state index contributed by atoms with van der Waals surface area (Å²) in [7, 11) is 0. The van der Waals surface area contributed by atoms with E-state index in [0.717, 1.165) is 0 Å². The third-order valence-corrected chi connectivity index (χ3v) is 2.19. The van der Waals surface area contributed by atoms with Gasteiger partial charge in [0, 0.05) is 0 Å². The van der Waals surface area contributed by atoms with E-state index in [0.29, 0.717) is 12.4 Å². The molecule has 2 rings (SSSR count). The average molecular weight is 206 g/mol. The van der Waals surface area contributed by atoms with Crippen molar-refractivity contribution in [3.05, 3.63) is 10.4 Å². The van der Waals surface area contributed by atoms with Gasteiger partial charge >= 0.3 is 0 Å². The highest BCUT2D eigenvalue weighted by Crippen LogP contribution is 2.24. The molecule has 1 atom stereocenters. The molecule has 0 saturated carbocycles. The fraction of sp³-hybridized carbons (Fsp3) is 0.375. The Bertz CT molecular complexity index is 501. The van der Waals surface area contributed by atoms with Gasteiger partial charge in [-0.2, -0.15) is 10.2 Å². The quantitative estimate of drug-likeness (QED) is 0.453. The number of H-pyrrole nitrogens is 1. The number of rotatable bonds is 0. The van der Waals surface area contributed by atoms with Gasteiger partial charge in [-0.05, 0) is 6.92 Å². The van der Waals surface area contributed by atoms with E-state index in [2.05, 4.69) is 26.7 Å². The second kappa shape index (κ2) is 2.88. The van der Waals surface area contributed by atoms with Crippen LogP contribution in [0.4, 0.5) is 17.5 Å². The lowest BCUT2D eigenvalue weighted by atomic mass is 10.0. The molecule has 2 heterocycles. The number of aromatic amines is 1. The first-order valence-electron chi connectivity index (χ1n) is 4.37. The molecule has 7 heteroatoms. The normalized spacial score (nSPS) is 23.2. The molecular weight excluding hydrogens is 196 g/mol. The Morgan fingerprint density at radius 1 is 1.67 bits per heavy atom. The van der Waals surface area contributed by atoms with Crippen LogP contribution in [0.3, 0.4) is 0 Å². The maximum atomic E-state index is 11.5. The number of nitrogens with zero attached hydrogens (tertiary/aromatic N) is 2. The molecule has 1 aromatic rings. The van der Waals surface area contributed by atoms with Crippen molar-refractivity contribution in [2.45, 2.75) is 12.5 Å². The van der Waals surface area contributed by atoms with Crippen LogP contribution in [0, 0.1) is 11.3 Å². The minimum absolute atomic E-state index is 0.0496. The van der Waals surface area contributed by atoms with Gasteiger partial charge in [0.1, 0.15) is 11.2 Å². The molecule has 0 spiro atoms. The van der Waals surface area contributed by atoms with Crippen LogP contribution in [0.5, 0.6) is 0 Å². The van der Waals surface area contributed by atoms with Gasteiger partial charge < -0.3 is 16.4 Å². The molecule has 1 aliphatic rings. The summed E-state index contributed by atoms with van der Waals surface area (Å²) >= 11 is 0. The Labute approximate surface area is 85.3 Å². The van der Waals surface area contributed by atoms with Crippen molar-refractivity contribution in [3.63, 3.8) is 0 Å². The highest BCUT2D eigenvalue weighted by atomic mass is 16.1. The zero-order valence-corrected chi connectivity index (χ0v) is 8.09. The van der Waals surface area contributed by atoms with Gasteiger partial charge in [0.25, 0.3) is 5.56 Å².